The van der Waals surface area contributed by atoms with Crippen molar-refractivity contribution in [2.24, 2.45) is 5.92 Å². The van der Waals surface area contributed by atoms with E-state index in [9.17, 15) is 19.5 Å². The SMILES string of the molecule is O=C(NC1(C(=O)O)CC1)C1CCCN(C(=O)c2ccc(Cl)cc2)C1. The molecule has 1 aliphatic heterocycles. The monoisotopic (exact) mass is 350 g/mol. The molecule has 0 aromatic heterocycles. The second kappa shape index (κ2) is 6.43. The average Bonchev–Trinajstić information content (AvgIpc) is 3.36. The van der Waals surface area contributed by atoms with Gasteiger partial charge in [0.05, 0.1) is 5.92 Å². The summed E-state index contributed by atoms with van der Waals surface area (Å²) in [5, 5.41) is 12.4. The second-order valence-corrected chi connectivity index (χ2v) is 6.91. The van der Waals surface area contributed by atoms with Gasteiger partial charge in [-0.3, -0.25) is 9.59 Å². The number of amides is 2. The van der Waals surface area contributed by atoms with Gasteiger partial charge in [-0.1, -0.05) is 11.6 Å². The molecule has 6 nitrogen and oxygen atoms in total. The van der Waals surface area contributed by atoms with E-state index in [-0.39, 0.29) is 17.7 Å². The maximum Gasteiger partial charge on any atom is 0.329 e. The quantitative estimate of drug-likeness (QED) is 0.868. The van der Waals surface area contributed by atoms with Crippen LogP contribution >= 0.6 is 11.6 Å². The van der Waals surface area contributed by atoms with Crippen LogP contribution in [0.1, 0.15) is 36.0 Å². The number of carboxylic acids is 1. The molecule has 2 aliphatic rings. The molecule has 1 aromatic rings. The Kier molecular flexibility index (Phi) is 4.49. The Bertz CT molecular complexity index is 670. The molecule has 2 N–H and O–H groups in total. The number of nitrogens with zero attached hydrogens (tertiary/aromatic N) is 1. The van der Waals surface area contributed by atoms with Crippen LogP contribution in [0.15, 0.2) is 24.3 Å². The smallest absolute Gasteiger partial charge is 0.329 e. The number of nitrogens with one attached hydrogen (secondary N) is 1. The minimum absolute atomic E-state index is 0.136. The van der Waals surface area contributed by atoms with E-state index in [0.29, 0.717) is 42.9 Å². The van der Waals surface area contributed by atoms with Crippen LogP contribution in [0.2, 0.25) is 5.02 Å². The number of carbonyl (C=O) groups is 3. The number of benzene rings is 1. The summed E-state index contributed by atoms with van der Waals surface area (Å²) in [5.74, 6) is -1.76. The lowest BCUT2D eigenvalue weighted by atomic mass is 9.96. The molecule has 1 aromatic carbocycles. The first-order chi connectivity index (χ1) is 11.4. The molecule has 1 atom stereocenters. The second-order valence-electron chi connectivity index (χ2n) is 6.47. The van der Waals surface area contributed by atoms with Gasteiger partial charge < -0.3 is 15.3 Å². The number of carboxylic acid groups (broad SMARTS) is 1. The Labute approximate surface area is 144 Å². The molecule has 0 bridgehead atoms. The first kappa shape index (κ1) is 16.8. The molecule has 1 saturated carbocycles. The molecule has 24 heavy (non-hydrogen) atoms. The van der Waals surface area contributed by atoms with E-state index in [0.717, 1.165) is 6.42 Å². The third-order valence-corrected chi connectivity index (χ3v) is 4.94. The number of likely N-dealkylation sites (tertiary alicyclic amines) is 1. The molecule has 128 valence electrons. The molecule has 0 radical (unpaired) electrons. The van der Waals surface area contributed by atoms with E-state index in [1.807, 2.05) is 0 Å². The van der Waals surface area contributed by atoms with E-state index in [2.05, 4.69) is 5.32 Å². The lowest BCUT2D eigenvalue weighted by Gasteiger charge is -2.32. The van der Waals surface area contributed by atoms with Crippen molar-refractivity contribution in [2.75, 3.05) is 13.1 Å². The van der Waals surface area contributed by atoms with Crippen molar-refractivity contribution in [3.05, 3.63) is 34.9 Å². The van der Waals surface area contributed by atoms with Crippen molar-refractivity contribution < 1.29 is 19.5 Å². The molecule has 1 heterocycles. The largest absolute Gasteiger partial charge is 0.480 e. The molecule has 1 unspecified atom stereocenters. The van der Waals surface area contributed by atoms with Gasteiger partial charge in [0, 0.05) is 23.7 Å². The zero-order valence-electron chi connectivity index (χ0n) is 13.1. The average molecular weight is 351 g/mol. The van der Waals surface area contributed by atoms with E-state index in [4.69, 9.17) is 11.6 Å². The summed E-state index contributed by atoms with van der Waals surface area (Å²) < 4.78 is 0. The predicted octanol–water partition coefficient (Wildman–Crippen LogP) is 1.93. The van der Waals surface area contributed by atoms with Crippen molar-refractivity contribution in [3.63, 3.8) is 0 Å². The van der Waals surface area contributed by atoms with Crippen LogP contribution in [0.5, 0.6) is 0 Å². The van der Waals surface area contributed by atoms with Gasteiger partial charge in [-0.15, -0.1) is 0 Å². The summed E-state index contributed by atoms with van der Waals surface area (Å²) in [5.41, 5.74) is -0.552. The number of piperidine rings is 1. The highest BCUT2D eigenvalue weighted by Crippen LogP contribution is 2.36. The Morgan fingerprint density at radius 3 is 2.46 bits per heavy atom. The summed E-state index contributed by atoms with van der Waals surface area (Å²) in [6.45, 7) is 0.901. The van der Waals surface area contributed by atoms with Gasteiger partial charge in [-0.05, 0) is 49.9 Å². The molecule has 1 aliphatic carbocycles. The summed E-state index contributed by atoms with van der Waals surface area (Å²) in [6.07, 6.45) is 2.31. The number of hydrogen-bond donors (Lipinski definition) is 2. The van der Waals surface area contributed by atoms with Crippen LogP contribution in [0, 0.1) is 5.92 Å². The Hall–Kier alpha value is -2.08. The lowest BCUT2D eigenvalue weighted by molar-refractivity contribution is -0.144. The third kappa shape index (κ3) is 3.38. The predicted molar refractivity (Wildman–Crippen MR) is 87.8 cm³/mol. The number of hydrogen-bond acceptors (Lipinski definition) is 3. The van der Waals surface area contributed by atoms with Gasteiger partial charge in [0.2, 0.25) is 5.91 Å². The highest BCUT2D eigenvalue weighted by molar-refractivity contribution is 6.30. The van der Waals surface area contributed by atoms with Crippen molar-refractivity contribution in [2.45, 2.75) is 31.2 Å². The van der Waals surface area contributed by atoms with Crippen LogP contribution in [0.3, 0.4) is 0 Å². The number of rotatable bonds is 4. The van der Waals surface area contributed by atoms with Crippen LogP contribution < -0.4 is 5.32 Å². The first-order valence-corrected chi connectivity index (χ1v) is 8.39. The fourth-order valence-corrected chi connectivity index (χ4v) is 3.13. The molecule has 3 rings (SSSR count). The molecule has 0 spiro atoms. The van der Waals surface area contributed by atoms with Crippen molar-refractivity contribution in [1.29, 1.82) is 0 Å². The minimum atomic E-state index is -1.08. The summed E-state index contributed by atoms with van der Waals surface area (Å²) in [6, 6.07) is 6.65. The normalized spacial score (nSPS) is 21.9. The molecule has 7 heteroatoms. The number of halogens is 1. The van der Waals surface area contributed by atoms with E-state index in [1.165, 1.54) is 0 Å². The molecule has 2 amide bonds. The summed E-state index contributed by atoms with van der Waals surface area (Å²) in [4.78, 5) is 37.8. The molecular weight excluding hydrogens is 332 g/mol. The van der Waals surface area contributed by atoms with Crippen LogP contribution in [-0.2, 0) is 9.59 Å². The molecular formula is C17H19ClN2O4. The van der Waals surface area contributed by atoms with Crippen molar-refractivity contribution in [1.82, 2.24) is 10.2 Å². The van der Waals surface area contributed by atoms with Gasteiger partial charge in [0.15, 0.2) is 0 Å². The van der Waals surface area contributed by atoms with Crippen molar-refractivity contribution >= 4 is 29.4 Å². The van der Waals surface area contributed by atoms with Crippen LogP contribution in [-0.4, -0.2) is 46.4 Å². The van der Waals surface area contributed by atoms with E-state index >= 15 is 0 Å². The Morgan fingerprint density at radius 1 is 1.21 bits per heavy atom. The first-order valence-electron chi connectivity index (χ1n) is 8.01. The van der Waals surface area contributed by atoms with Gasteiger partial charge >= 0.3 is 5.97 Å². The Balaban J connectivity index is 1.63. The topological polar surface area (TPSA) is 86.7 Å². The van der Waals surface area contributed by atoms with Gasteiger partial charge in [0.25, 0.3) is 5.91 Å². The third-order valence-electron chi connectivity index (χ3n) is 4.69. The van der Waals surface area contributed by atoms with Gasteiger partial charge in [-0.2, -0.15) is 0 Å². The van der Waals surface area contributed by atoms with Crippen LogP contribution in [0.4, 0.5) is 0 Å². The molecule has 1 saturated heterocycles. The standard InChI is InChI=1S/C17H19ClN2O4/c18-13-5-3-11(4-6-13)15(22)20-9-1-2-12(10-20)14(21)19-17(7-8-17)16(23)24/h3-6,12H,1-2,7-10H2,(H,19,21)(H,23,24). The van der Waals surface area contributed by atoms with Gasteiger partial charge in [-0.25, -0.2) is 4.79 Å². The maximum absolute atomic E-state index is 12.5. The summed E-state index contributed by atoms with van der Waals surface area (Å²) in [7, 11) is 0. The number of carbonyl (C=O) groups excluding carboxylic acids is 2. The number of aliphatic carboxylic acids is 1. The Morgan fingerprint density at radius 2 is 1.88 bits per heavy atom. The maximum atomic E-state index is 12.5. The van der Waals surface area contributed by atoms with E-state index < -0.39 is 11.5 Å². The highest BCUT2D eigenvalue weighted by Gasteiger charge is 2.52. The highest BCUT2D eigenvalue weighted by atomic mass is 35.5. The van der Waals surface area contributed by atoms with E-state index in [1.54, 1.807) is 29.2 Å². The fraction of sp³-hybridized carbons (Fsp3) is 0.471. The zero-order chi connectivity index (χ0) is 17.3. The fourth-order valence-electron chi connectivity index (χ4n) is 3.01. The van der Waals surface area contributed by atoms with Crippen molar-refractivity contribution in [3.8, 4) is 0 Å². The summed E-state index contributed by atoms with van der Waals surface area (Å²) >= 11 is 5.83. The minimum Gasteiger partial charge on any atom is -0.480 e. The zero-order valence-corrected chi connectivity index (χ0v) is 13.9. The lowest BCUT2D eigenvalue weighted by Crippen LogP contribution is -2.50. The molecule has 2 fully saturated rings. The van der Waals surface area contributed by atoms with Crippen LogP contribution in [0.25, 0.3) is 0 Å². The van der Waals surface area contributed by atoms with Gasteiger partial charge in [0.1, 0.15) is 5.54 Å².